The van der Waals surface area contributed by atoms with E-state index in [0.717, 1.165) is 19.7 Å². The lowest BCUT2D eigenvalue weighted by Gasteiger charge is -2.41. The molecule has 0 heterocycles. The average molecular weight is 157 g/mol. The molecule has 2 nitrogen and oxygen atoms in total. The molecular weight excluding hydrogens is 138 g/mol. The van der Waals surface area contributed by atoms with Crippen molar-refractivity contribution in [3.8, 4) is 0 Å². The molecule has 0 aromatic heterocycles. The van der Waals surface area contributed by atoms with Crippen molar-refractivity contribution in [1.29, 1.82) is 0 Å². The highest BCUT2D eigenvalue weighted by atomic mass is 16.5. The second-order valence-corrected chi connectivity index (χ2v) is 3.57. The number of rotatable bonds is 5. The molecule has 0 aromatic rings. The van der Waals surface area contributed by atoms with Crippen molar-refractivity contribution < 1.29 is 4.74 Å². The van der Waals surface area contributed by atoms with Gasteiger partial charge in [-0.2, -0.15) is 0 Å². The summed E-state index contributed by atoms with van der Waals surface area (Å²) in [5, 5.41) is 3.40. The summed E-state index contributed by atoms with van der Waals surface area (Å²) in [5.74, 6) is 0. The van der Waals surface area contributed by atoms with E-state index in [4.69, 9.17) is 4.74 Å². The predicted octanol–water partition coefficient (Wildman–Crippen LogP) is 1.41. The molecule has 0 aromatic carbocycles. The molecule has 1 fully saturated rings. The van der Waals surface area contributed by atoms with Crippen LogP contribution in [-0.2, 0) is 4.74 Å². The molecule has 0 atom stereocenters. The zero-order valence-corrected chi connectivity index (χ0v) is 7.65. The predicted molar refractivity (Wildman–Crippen MR) is 46.7 cm³/mol. The van der Waals surface area contributed by atoms with Gasteiger partial charge in [-0.05, 0) is 19.4 Å². The van der Waals surface area contributed by atoms with Gasteiger partial charge in [-0.3, -0.25) is 0 Å². The molecule has 0 bridgehead atoms. The van der Waals surface area contributed by atoms with Crippen LogP contribution in [0.1, 0.15) is 26.2 Å². The van der Waals surface area contributed by atoms with Crippen LogP contribution in [0.25, 0.3) is 0 Å². The van der Waals surface area contributed by atoms with Crippen molar-refractivity contribution in [3.05, 3.63) is 0 Å². The lowest BCUT2D eigenvalue weighted by Crippen LogP contribution is -2.43. The normalized spacial score (nSPS) is 21.3. The van der Waals surface area contributed by atoms with Crippen molar-refractivity contribution >= 4 is 0 Å². The van der Waals surface area contributed by atoms with Crippen LogP contribution in [0.2, 0.25) is 0 Å². The Hall–Kier alpha value is -0.0800. The highest BCUT2D eigenvalue weighted by Gasteiger charge is 2.36. The van der Waals surface area contributed by atoms with Crippen LogP contribution < -0.4 is 5.32 Å². The van der Waals surface area contributed by atoms with E-state index in [1.165, 1.54) is 19.3 Å². The highest BCUT2D eigenvalue weighted by molar-refractivity contribution is 4.89. The van der Waals surface area contributed by atoms with E-state index in [1.54, 1.807) is 7.11 Å². The quantitative estimate of drug-likeness (QED) is 0.651. The van der Waals surface area contributed by atoms with E-state index < -0.39 is 0 Å². The molecule has 1 aliphatic rings. The van der Waals surface area contributed by atoms with E-state index in [2.05, 4.69) is 12.2 Å². The van der Waals surface area contributed by atoms with Crippen molar-refractivity contribution in [2.24, 2.45) is 5.41 Å². The van der Waals surface area contributed by atoms with Crippen LogP contribution >= 0.6 is 0 Å². The molecule has 11 heavy (non-hydrogen) atoms. The molecule has 66 valence electrons. The summed E-state index contributed by atoms with van der Waals surface area (Å²) >= 11 is 0. The SMILES string of the molecule is CCNCC1(COC)CCC1. The average Bonchev–Trinajstić information content (AvgIpc) is 1.95. The minimum atomic E-state index is 0.491. The van der Waals surface area contributed by atoms with Crippen LogP contribution in [0.3, 0.4) is 0 Å². The first kappa shape index (κ1) is 9.01. The van der Waals surface area contributed by atoms with Gasteiger partial charge in [0.05, 0.1) is 6.61 Å². The highest BCUT2D eigenvalue weighted by Crippen LogP contribution is 2.40. The molecule has 1 N–H and O–H groups in total. The van der Waals surface area contributed by atoms with E-state index in [-0.39, 0.29) is 0 Å². The third kappa shape index (κ3) is 2.17. The van der Waals surface area contributed by atoms with Crippen molar-refractivity contribution in [2.75, 3.05) is 26.8 Å². The maximum atomic E-state index is 5.21. The van der Waals surface area contributed by atoms with Gasteiger partial charge in [-0.1, -0.05) is 13.3 Å². The zero-order chi connectivity index (χ0) is 8.16. The van der Waals surface area contributed by atoms with E-state index in [1.807, 2.05) is 0 Å². The van der Waals surface area contributed by atoms with E-state index >= 15 is 0 Å². The Kier molecular flexibility index (Phi) is 3.34. The van der Waals surface area contributed by atoms with Crippen LogP contribution in [0, 0.1) is 5.41 Å². The van der Waals surface area contributed by atoms with Gasteiger partial charge in [-0.15, -0.1) is 0 Å². The molecule has 0 unspecified atom stereocenters. The fourth-order valence-corrected chi connectivity index (χ4v) is 1.75. The van der Waals surface area contributed by atoms with Gasteiger partial charge >= 0.3 is 0 Å². The molecule has 1 rings (SSSR count). The standard InChI is InChI=1S/C9H19NO/c1-3-10-7-9(8-11-2)5-4-6-9/h10H,3-8H2,1-2H3. The van der Waals surface area contributed by atoms with Gasteiger partial charge in [-0.25, -0.2) is 0 Å². The van der Waals surface area contributed by atoms with Gasteiger partial charge in [0.15, 0.2) is 0 Å². The summed E-state index contributed by atoms with van der Waals surface area (Å²) in [4.78, 5) is 0. The third-order valence-corrected chi connectivity index (χ3v) is 2.61. The lowest BCUT2D eigenvalue weighted by molar-refractivity contribution is 0.0184. The molecule has 1 saturated carbocycles. The Morgan fingerprint density at radius 1 is 1.45 bits per heavy atom. The molecule has 0 saturated heterocycles. The molecule has 1 aliphatic carbocycles. The van der Waals surface area contributed by atoms with Gasteiger partial charge in [0.1, 0.15) is 0 Å². The van der Waals surface area contributed by atoms with Crippen LogP contribution in [0.15, 0.2) is 0 Å². The van der Waals surface area contributed by atoms with Crippen LogP contribution in [0.5, 0.6) is 0 Å². The Bertz CT molecular complexity index is 110. The summed E-state index contributed by atoms with van der Waals surface area (Å²) in [6.45, 7) is 5.29. The Labute approximate surface area is 69.3 Å². The second kappa shape index (κ2) is 4.07. The lowest BCUT2D eigenvalue weighted by atomic mass is 9.69. The maximum absolute atomic E-state index is 5.21. The number of hydrogen-bond donors (Lipinski definition) is 1. The summed E-state index contributed by atoms with van der Waals surface area (Å²) in [7, 11) is 1.80. The van der Waals surface area contributed by atoms with Gasteiger partial charge in [0.25, 0.3) is 0 Å². The molecular formula is C9H19NO. The van der Waals surface area contributed by atoms with Gasteiger partial charge < -0.3 is 10.1 Å². The van der Waals surface area contributed by atoms with E-state index in [0.29, 0.717) is 5.41 Å². The smallest absolute Gasteiger partial charge is 0.0530 e. The topological polar surface area (TPSA) is 21.3 Å². The monoisotopic (exact) mass is 157 g/mol. The van der Waals surface area contributed by atoms with E-state index in [9.17, 15) is 0 Å². The second-order valence-electron chi connectivity index (χ2n) is 3.57. The van der Waals surface area contributed by atoms with Crippen LogP contribution in [0.4, 0.5) is 0 Å². The Balaban J connectivity index is 2.22. The number of ether oxygens (including phenoxy) is 1. The molecule has 0 spiro atoms. The first-order valence-electron chi connectivity index (χ1n) is 4.53. The first-order chi connectivity index (χ1) is 5.33. The molecule has 2 heteroatoms. The molecule has 0 aliphatic heterocycles. The third-order valence-electron chi connectivity index (χ3n) is 2.61. The number of nitrogens with one attached hydrogen (secondary N) is 1. The minimum absolute atomic E-state index is 0.491. The minimum Gasteiger partial charge on any atom is -0.384 e. The number of hydrogen-bond acceptors (Lipinski definition) is 2. The summed E-state index contributed by atoms with van der Waals surface area (Å²) in [5.41, 5.74) is 0.491. The fourth-order valence-electron chi connectivity index (χ4n) is 1.75. The number of methoxy groups -OCH3 is 1. The molecule has 0 radical (unpaired) electrons. The van der Waals surface area contributed by atoms with Crippen molar-refractivity contribution in [2.45, 2.75) is 26.2 Å². The maximum Gasteiger partial charge on any atom is 0.0530 e. The van der Waals surface area contributed by atoms with Gasteiger partial charge in [0, 0.05) is 19.1 Å². The zero-order valence-electron chi connectivity index (χ0n) is 7.65. The van der Waals surface area contributed by atoms with Crippen molar-refractivity contribution in [3.63, 3.8) is 0 Å². The summed E-state index contributed by atoms with van der Waals surface area (Å²) < 4.78 is 5.21. The van der Waals surface area contributed by atoms with Crippen LogP contribution in [-0.4, -0.2) is 26.8 Å². The Morgan fingerprint density at radius 3 is 2.55 bits per heavy atom. The summed E-state index contributed by atoms with van der Waals surface area (Å²) in [6, 6.07) is 0. The molecule has 0 amide bonds. The Morgan fingerprint density at radius 2 is 2.18 bits per heavy atom. The van der Waals surface area contributed by atoms with Gasteiger partial charge in [0.2, 0.25) is 0 Å². The van der Waals surface area contributed by atoms with Crippen molar-refractivity contribution in [1.82, 2.24) is 5.32 Å². The first-order valence-corrected chi connectivity index (χ1v) is 4.53. The largest absolute Gasteiger partial charge is 0.384 e. The summed E-state index contributed by atoms with van der Waals surface area (Å²) in [6.07, 6.45) is 4.07. The fraction of sp³-hybridized carbons (Fsp3) is 1.00.